The van der Waals surface area contributed by atoms with Crippen molar-refractivity contribution in [2.75, 3.05) is 12.1 Å². The number of ether oxygens (including phenoxy) is 2. The van der Waals surface area contributed by atoms with E-state index in [1.807, 2.05) is 17.5 Å². The van der Waals surface area contributed by atoms with E-state index in [2.05, 4.69) is 5.32 Å². The van der Waals surface area contributed by atoms with Crippen molar-refractivity contribution in [3.63, 3.8) is 0 Å². The largest absolute Gasteiger partial charge is 0.454 e. The lowest BCUT2D eigenvalue weighted by Crippen LogP contribution is -2.31. The van der Waals surface area contributed by atoms with Crippen molar-refractivity contribution >= 4 is 46.0 Å². The number of hydrogen-bond acceptors (Lipinski definition) is 6. The Kier molecular flexibility index (Phi) is 4.69. The molecule has 1 aromatic heterocycles. The van der Waals surface area contributed by atoms with E-state index in [0.717, 1.165) is 10.4 Å². The summed E-state index contributed by atoms with van der Waals surface area (Å²) in [5, 5.41) is 5.60. The van der Waals surface area contributed by atoms with Gasteiger partial charge in [-0.15, -0.1) is 11.3 Å². The van der Waals surface area contributed by atoms with Gasteiger partial charge in [0.1, 0.15) is 5.70 Å². The lowest BCUT2D eigenvalue weighted by atomic mass is 10.1. The molecule has 0 radical (unpaired) electrons. The molecule has 0 spiro atoms. The fourth-order valence-corrected chi connectivity index (χ4v) is 4.27. The molecule has 3 heterocycles. The Morgan fingerprint density at radius 1 is 1.00 bits per heavy atom. The number of carbonyl (C=O) groups is 2. The van der Waals surface area contributed by atoms with Crippen molar-refractivity contribution in [1.29, 1.82) is 0 Å². The molecule has 0 saturated heterocycles. The van der Waals surface area contributed by atoms with Gasteiger partial charge >= 0.3 is 0 Å². The van der Waals surface area contributed by atoms with E-state index in [1.165, 1.54) is 16.2 Å². The number of imide groups is 1. The number of halogens is 1. The highest BCUT2D eigenvalue weighted by atomic mass is 35.5. The molecule has 6 nitrogen and oxygen atoms in total. The second-order valence-electron chi connectivity index (χ2n) is 6.74. The maximum absolute atomic E-state index is 13.2. The van der Waals surface area contributed by atoms with E-state index in [1.54, 1.807) is 42.5 Å². The monoisotopic (exact) mass is 438 g/mol. The van der Waals surface area contributed by atoms with Crippen LogP contribution in [0.25, 0.3) is 5.57 Å². The maximum atomic E-state index is 13.2. The molecule has 0 saturated carbocycles. The molecule has 30 heavy (non-hydrogen) atoms. The summed E-state index contributed by atoms with van der Waals surface area (Å²) >= 11 is 7.36. The Morgan fingerprint density at radius 3 is 2.57 bits per heavy atom. The topological polar surface area (TPSA) is 67.9 Å². The molecular formula is C22H15ClN2O4S. The zero-order chi connectivity index (χ0) is 20.7. The lowest BCUT2D eigenvalue weighted by Gasteiger charge is -2.15. The molecule has 0 bridgehead atoms. The fraction of sp³-hybridized carbons (Fsp3) is 0.0909. The first-order valence-corrected chi connectivity index (χ1v) is 10.4. The van der Waals surface area contributed by atoms with Crippen LogP contribution in [0.3, 0.4) is 0 Å². The van der Waals surface area contributed by atoms with E-state index < -0.39 is 0 Å². The van der Waals surface area contributed by atoms with Crippen molar-refractivity contribution < 1.29 is 19.1 Å². The summed E-state index contributed by atoms with van der Waals surface area (Å²) in [7, 11) is 0. The standard InChI is InChI=1S/C22H15ClN2O4S/c23-14-5-3-13(4-6-14)11-25-21(26)19(18-2-1-9-30-18)20(22(25)27)24-15-7-8-16-17(10-15)29-12-28-16/h1-10,24H,11-12H2. The number of nitrogens with zero attached hydrogens (tertiary/aromatic N) is 1. The summed E-state index contributed by atoms with van der Waals surface area (Å²) in [5.74, 6) is 0.524. The van der Waals surface area contributed by atoms with Gasteiger partial charge in [0, 0.05) is 21.7 Å². The molecule has 2 aromatic carbocycles. The summed E-state index contributed by atoms with van der Waals surface area (Å²) in [5.41, 5.74) is 2.06. The number of carbonyl (C=O) groups excluding carboxylic acids is 2. The van der Waals surface area contributed by atoms with E-state index in [9.17, 15) is 9.59 Å². The number of anilines is 1. The van der Waals surface area contributed by atoms with Crippen molar-refractivity contribution in [1.82, 2.24) is 4.90 Å². The van der Waals surface area contributed by atoms with Gasteiger partial charge in [0.15, 0.2) is 11.5 Å². The Bertz CT molecular complexity index is 1170. The van der Waals surface area contributed by atoms with Crippen LogP contribution >= 0.6 is 22.9 Å². The fourth-order valence-electron chi connectivity index (χ4n) is 3.38. The van der Waals surface area contributed by atoms with Crippen LogP contribution in [0.15, 0.2) is 65.7 Å². The molecule has 150 valence electrons. The Hall–Kier alpha value is -3.29. The van der Waals surface area contributed by atoms with Gasteiger partial charge in [-0.05, 0) is 41.3 Å². The first-order chi connectivity index (χ1) is 14.6. The predicted molar refractivity (Wildman–Crippen MR) is 114 cm³/mol. The van der Waals surface area contributed by atoms with Crippen molar-refractivity contribution in [3.05, 3.63) is 81.1 Å². The molecule has 0 aliphatic carbocycles. The van der Waals surface area contributed by atoms with E-state index in [-0.39, 0.29) is 30.8 Å². The van der Waals surface area contributed by atoms with Gasteiger partial charge in [-0.1, -0.05) is 29.8 Å². The van der Waals surface area contributed by atoms with Crippen LogP contribution in [0.4, 0.5) is 5.69 Å². The van der Waals surface area contributed by atoms with Crippen LogP contribution in [-0.2, 0) is 16.1 Å². The number of amides is 2. The third-order valence-electron chi connectivity index (χ3n) is 4.83. The Labute approximate surface area is 181 Å². The SMILES string of the molecule is O=C1C(Nc2ccc3c(c2)OCO3)=C(c2cccs2)C(=O)N1Cc1ccc(Cl)cc1. The molecule has 0 atom stereocenters. The zero-order valence-corrected chi connectivity index (χ0v) is 17.1. The van der Waals surface area contributed by atoms with Gasteiger partial charge in [0.2, 0.25) is 6.79 Å². The van der Waals surface area contributed by atoms with Crippen molar-refractivity contribution in [3.8, 4) is 11.5 Å². The van der Waals surface area contributed by atoms with E-state index in [0.29, 0.717) is 27.8 Å². The van der Waals surface area contributed by atoms with Gasteiger partial charge in [0.05, 0.1) is 12.1 Å². The maximum Gasteiger partial charge on any atom is 0.278 e. The Balaban J connectivity index is 1.49. The van der Waals surface area contributed by atoms with Crippen LogP contribution < -0.4 is 14.8 Å². The highest BCUT2D eigenvalue weighted by molar-refractivity contribution is 7.11. The molecule has 0 unspecified atom stereocenters. The lowest BCUT2D eigenvalue weighted by molar-refractivity contribution is -0.137. The molecule has 5 rings (SSSR count). The Morgan fingerprint density at radius 2 is 1.80 bits per heavy atom. The minimum atomic E-state index is -0.379. The molecule has 8 heteroatoms. The molecule has 2 aliphatic heterocycles. The van der Waals surface area contributed by atoms with Crippen LogP contribution in [0, 0.1) is 0 Å². The number of benzene rings is 2. The molecule has 2 aliphatic rings. The highest BCUT2D eigenvalue weighted by Crippen LogP contribution is 2.37. The first-order valence-electron chi connectivity index (χ1n) is 9.15. The van der Waals surface area contributed by atoms with Crippen LogP contribution in [0.5, 0.6) is 11.5 Å². The second-order valence-corrected chi connectivity index (χ2v) is 8.13. The van der Waals surface area contributed by atoms with Gasteiger partial charge in [-0.3, -0.25) is 14.5 Å². The van der Waals surface area contributed by atoms with E-state index >= 15 is 0 Å². The average molecular weight is 439 g/mol. The molecule has 0 fully saturated rings. The summed E-state index contributed by atoms with van der Waals surface area (Å²) in [6, 6.07) is 16.1. The number of hydrogen-bond donors (Lipinski definition) is 1. The third-order valence-corrected chi connectivity index (χ3v) is 5.97. The van der Waals surface area contributed by atoms with Gasteiger partial charge in [0.25, 0.3) is 11.8 Å². The third kappa shape index (κ3) is 3.32. The molecule has 2 amide bonds. The predicted octanol–water partition coefficient (Wildman–Crippen LogP) is 4.52. The van der Waals surface area contributed by atoms with Crippen LogP contribution in [0.1, 0.15) is 10.4 Å². The molecular weight excluding hydrogens is 424 g/mol. The summed E-state index contributed by atoms with van der Waals surface area (Å²) in [6.45, 7) is 0.324. The van der Waals surface area contributed by atoms with Crippen molar-refractivity contribution in [2.24, 2.45) is 0 Å². The average Bonchev–Trinajstić information content (AvgIpc) is 3.47. The number of fused-ring (bicyclic) bond motifs is 1. The minimum absolute atomic E-state index is 0.161. The van der Waals surface area contributed by atoms with Gasteiger partial charge in [-0.2, -0.15) is 0 Å². The molecule has 3 aromatic rings. The van der Waals surface area contributed by atoms with Crippen molar-refractivity contribution in [2.45, 2.75) is 6.54 Å². The van der Waals surface area contributed by atoms with E-state index in [4.69, 9.17) is 21.1 Å². The number of thiophene rings is 1. The number of nitrogens with one attached hydrogen (secondary N) is 1. The normalized spacial score (nSPS) is 15.3. The summed E-state index contributed by atoms with van der Waals surface area (Å²) in [4.78, 5) is 28.4. The second kappa shape index (κ2) is 7.51. The van der Waals surface area contributed by atoms with Crippen LogP contribution in [-0.4, -0.2) is 23.5 Å². The van der Waals surface area contributed by atoms with Gasteiger partial charge in [-0.25, -0.2) is 0 Å². The zero-order valence-electron chi connectivity index (χ0n) is 15.6. The highest BCUT2D eigenvalue weighted by Gasteiger charge is 2.39. The summed E-state index contributed by atoms with van der Waals surface area (Å²) < 4.78 is 10.7. The number of rotatable bonds is 5. The minimum Gasteiger partial charge on any atom is -0.454 e. The smallest absolute Gasteiger partial charge is 0.278 e. The first kappa shape index (κ1) is 18.7. The van der Waals surface area contributed by atoms with Crippen LogP contribution in [0.2, 0.25) is 5.02 Å². The van der Waals surface area contributed by atoms with Gasteiger partial charge < -0.3 is 14.8 Å². The quantitative estimate of drug-likeness (QED) is 0.593. The summed E-state index contributed by atoms with van der Waals surface area (Å²) in [6.07, 6.45) is 0. The molecule has 1 N–H and O–H groups in total.